The number of benzene rings is 2. The lowest BCUT2D eigenvalue weighted by Crippen LogP contribution is -2.44. The zero-order valence-electron chi connectivity index (χ0n) is 15.5. The van der Waals surface area contributed by atoms with Crippen molar-refractivity contribution in [2.75, 3.05) is 39.8 Å². The molecule has 0 aliphatic carbocycles. The van der Waals surface area contributed by atoms with Crippen LogP contribution in [-0.2, 0) is 12.6 Å². The van der Waals surface area contributed by atoms with E-state index >= 15 is 0 Å². The van der Waals surface area contributed by atoms with Crippen LogP contribution in [0.15, 0.2) is 48.5 Å². The van der Waals surface area contributed by atoms with Gasteiger partial charge < -0.3 is 14.5 Å². The molecule has 3 nitrogen and oxygen atoms in total. The van der Waals surface area contributed by atoms with Gasteiger partial charge in [-0.1, -0.05) is 18.2 Å². The van der Waals surface area contributed by atoms with Crippen molar-refractivity contribution in [2.24, 2.45) is 0 Å². The highest BCUT2D eigenvalue weighted by molar-refractivity contribution is 5.36. The van der Waals surface area contributed by atoms with Gasteiger partial charge in [-0.15, -0.1) is 0 Å². The van der Waals surface area contributed by atoms with Gasteiger partial charge in [-0.2, -0.15) is 13.2 Å². The molecule has 0 amide bonds. The smallest absolute Gasteiger partial charge is 0.416 e. The second-order valence-electron chi connectivity index (χ2n) is 7.02. The lowest BCUT2D eigenvalue weighted by atomic mass is 10.1. The molecule has 0 saturated carbocycles. The second kappa shape index (κ2) is 8.76. The molecule has 3 rings (SSSR count). The Morgan fingerprint density at radius 3 is 2.30 bits per heavy atom. The zero-order chi connectivity index (χ0) is 19.3. The summed E-state index contributed by atoms with van der Waals surface area (Å²) in [6.45, 7) is 5.50. The van der Waals surface area contributed by atoms with Crippen molar-refractivity contribution in [3.8, 4) is 11.5 Å². The van der Waals surface area contributed by atoms with E-state index in [-0.39, 0.29) is 5.75 Å². The molecule has 0 aromatic heterocycles. The zero-order valence-corrected chi connectivity index (χ0v) is 15.5. The number of hydrogen-bond donors (Lipinski definition) is 0. The summed E-state index contributed by atoms with van der Waals surface area (Å²) >= 11 is 0. The van der Waals surface area contributed by atoms with Crippen LogP contribution in [0.1, 0.15) is 17.5 Å². The first-order valence-corrected chi connectivity index (χ1v) is 9.25. The van der Waals surface area contributed by atoms with Gasteiger partial charge in [0, 0.05) is 26.2 Å². The third kappa shape index (κ3) is 5.97. The first-order valence-electron chi connectivity index (χ1n) is 9.25. The highest BCUT2D eigenvalue weighted by Crippen LogP contribution is 2.32. The Labute approximate surface area is 158 Å². The molecule has 1 heterocycles. The van der Waals surface area contributed by atoms with Crippen LogP contribution in [-0.4, -0.2) is 49.6 Å². The fraction of sp³-hybridized carbons (Fsp3) is 0.429. The third-order valence-corrected chi connectivity index (χ3v) is 4.83. The van der Waals surface area contributed by atoms with Gasteiger partial charge in [-0.3, -0.25) is 0 Å². The Hall–Kier alpha value is -2.05. The van der Waals surface area contributed by atoms with Gasteiger partial charge in [0.15, 0.2) is 0 Å². The number of alkyl halides is 3. The van der Waals surface area contributed by atoms with Crippen molar-refractivity contribution in [3.05, 3.63) is 59.7 Å². The summed E-state index contributed by atoms with van der Waals surface area (Å²) in [5.74, 6) is 0.755. The number of piperazine rings is 1. The number of hydrogen-bond acceptors (Lipinski definition) is 3. The molecule has 0 bridgehead atoms. The molecule has 0 N–H and O–H groups in total. The minimum atomic E-state index is -4.37. The molecule has 1 aliphatic rings. The molecule has 1 aliphatic heterocycles. The molecule has 6 heteroatoms. The van der Waals surface area contributed by atoms with Crippen molar-refractivity contribution >= 4 is 0 Å². The number of likely N-dealkylation sites (N-methyl/N-ethyl adjacent to an activating group) is 1. The third-order valence-electron chi connectivity index (χ3n) is 4.83. The van der Waals surface area contributed by atoms with E-state index < -0.39 is 11.7 Å². The molecule has 1 fully saturated rings. The van der Waals surface area contributed by atoms with Crippen LogP contribution < -0.4 is 4.74 Å². The van der Waals surface area contributed by atoms with Crippen molar-refractivity contribution in [1.82, 2.24) is 9.80 Å². The fourth-order valence-electron chi connectivity index (χ4n) is 3.21. The van der Waals surface area contributed by atoms with Gasteiger partial charge in [-0.05, 0) is 62.3 Å². The average molecular weight is 378 g/mol. The monoisotopic (exact) mass is 378 g/mol. The molecular weight excluding hydrogens is 353 g/mol. The van der Waals surface area contributed by atoms with Crippen LogP contribution in [0.2, 0.25) is 0 Å². The fourth-order valence-corrected chi connectivity index (χ4v) is 3.21. The van der Waals surface area contributed by atoms with Crippen LogP contribution in [0, 0.1) is 0 Å². The SMILES string of the molecule is CN1CCN(CCCc2cccc(Oc3cccc(C(F)(F)F)c3)c2)CC1. The summed E-state index contributed by atoms with van der Waals surface area (Å²) in [7, 11) is 2.15. The summed E-state index contributed by atoms with van der Waals surface area (Å²) in [5.41, 5.74) is 0.428. The van der Waals surface area contributed by atoms with E-state index in [1.807, 2.05) is 18.2 Å². The number of nitrogens with zero attached hydrogens (tertiary/aromatic N) is 2. The highest BCUT2D eigenvalue weighted by atomic mass is 19.4. The van der Waals surface area contributed by atoms with Gasteiger partial charge in [0.05, 0.1) is 5.56 Å². The molecule has 0 radical (unpaired) electrons. The van der Waals surface area contributed by atoms with E-state index in [1.54, 1.807) is 6.07 Å². The predicted octanol–water partition coefficient (Wildman–Crippen LogP) is 4.68. The Balaban J connectivity index is 1.54. The van der Waals surface area contributed by atoms with Crippen molar-refractivity contribution in [1.29, 1.82) is 0 Å². The quantitative estimate of drug-likeness (QED) is 0.726. The van der Waals surface area contributed by atoms with Crippen molar-refractivity contribution in [3.63, 3.8) is 0 Å². The number of ether oxygens (including phenoxy) is 1. The molecule has 0 unspecified atom stereocenters. The van der Waals surface area contributed by atoms with Crippen LogP contribution in [0.3, 0.4) is 0 Å². The van der Waals surface area contributed by atoms with E-state index in [9.17, 15) is 13.2 Å². The molecule has 0 atom stereocenters. The standard InChI is InChI=1S/C21H25F3N2O/c1-25-11-13-26(14-12-25)10-4-6-17-5-2-8-19(15-17)27-20-9-3-7-18(16-20)21(22,23)24/h2-3,5,7-9,15-16H,4,6,10-14H2,1H3. The van der Waals surface area contributed by atoms with Crippen molar-refractivity contribution < 1.29 is 17.9 Å². The molecule has 2 aromatic rings. The Kier molecular flexibility index (Phi) is 6.39. The Bertz CT molecular complexity index is 740. The molecule has 0 spiro atoms. The average Bonchev–Trinajstić information content (AvgIpc) is 2.63. The molecule has 1 saturated heterocycles. The maximum Gasteiger partial charge on any atom is 0.416 e. The topological polar surface area (TPSA) is 15.7 Å². The van der Waals surface area contributed by atoms with E-state index in [4.69, 9.17) is 4.74 Å². The molecule has 27 heavy (non-hydrogen) atoms. The van der Waals surface area contributed by atoms with Gasteiger partial charge in [-0.25, -0.2) is 0 Å². The minimum Gasteiger partial charge on any atom is -0.457 e. The van der Waals surface area contributed by atoms with Crippen molar-refractivity contribution in [2.45, 2.75) is 19.0 Å². The normalized spacial score (nSPS) is 16.4. The number of halogens is 3. The van der Waals surface area contributed by atoms with Gasteiger partial charge in [0.1, 0.15) is 11.5 Å². The maximum atomic E-state index is 12.8. The lowest BCUT2D eigenvalue weighted by molar-refractivity contribution is -0.137. The van der Waals surface area contributed by atoms with E-state index in [0.717, 1.165) is 63.3 Å². The Morgan fingerprint density at radius 1 is 0.926 bits per heavy atom. The molecule has 2 aromatic carbocycles. The van der Waals surface area contributed by atoms with Gasteiger partial charge >= 0.3 is 6.18 Å². The van der Waals surface area contributed by atoms with E-state index in [2.05, 4.69) is 16.8 Å². The molecular formula is C21H25F3N2O. The first-order chi connectivity index (χ1) is 12.9. The predicted molar refractivity (Wildman–Crippen MR) is 100 cm³/mol. The van der Waals surface area contributed by atoms with Crippen LogP contribution in [0.5, 0.6) is 11.5 Å². The minimum absolute atomic E-state index is 0.194. The number of rotatable bonds is 6. The van der Waals surface area contributed by atoms with Crippen LogP contribution in [0.25, 0.3) is 0 Å². The van der Waals surface area contributed by atoms with Gasteiger partial charge in [0.25, 0.3) is 0 Å². The van der Waals surface area contributed by atoms with Crippen LogP contribution in [0.4, 0.5) is 13.2 Å². The van der Waals surface area contributed by atoms with Crippen LogP contribution >= 0.6 is 0 Å². The lowest BCUT2D eigenvalue weighted by Gasteiger charge is -2.32. The summed E-state index contributed by atoms with van der Waals surface area (Å²) in [4.78, 5) is 4.81. The van der Waals surface area contributed by atoms with E-state index in [0.29, 0.717) is 5.75 Å². The largest absolute Gasteiger partial charge is 0.457 e. The summed E-state index contributed by atoms with van der Waals surface area (Å²) < 4.78 is 44.1. The number of aryl methyl sites for hydroxylation is 1. The first kappa shape index (κ1) is 19.7. The summed E-state index contributed by atoms with van der Waals surface area (Å²) in [6, 6.07) is 12.6. The maximum absolute atomic E-state index is 12.8. The highest BCUT2D eigenvalue weighted by Gasteiger charge is 2.30. The second-order valence-corrected chi connectivity index (χ2v) is 7.02. The Morgan fingerprint density at radius 2 is 1.59 bits per heavy atom. The summed E-state index contributed by atoms with van der Waals surface area (Å²) in [5, 5.41) is 0. The van der Waals surface area contributed by atoms with Gasteiger partial charge in [0.2, 0.25) is 0 Å². The summed E-state index contributed by atoms with van der Waals surface area (Å²) in [6.07, 6.45) is -2.40. The van der Waals surface area contributed by atoms with E-state index in [1.165, 1.54) is 12.1 Å². The molecule has 146 valence electrons.